The van der Waals surface area contributed by atoms with E-state index in [0.717, 1.165) is 22.4 Å². The first-order valence-electron chi connectivity index (χ1n) is 11.3. The molecular formula is C28H27N3O3. The van der Waals surface area contributed by atoms with Gasteiger partial charge in [-0.1, -0.05) is 72.8 Å². The number of benzene rings is 3. The molecule has 0 aliphatic heterocycles. The van der Waals surface area contributed by atoms with Crippen LogP contribution < -0.4 is 15.6 Å². The van der Waals surface area contributed by atoms with E-state index in [0.29, 0.717) is 30.8 Å². The minimum atomic E-state index is -0.404. The van der Waals surface area contributed by atoms with Crippen molar-refractivity contribution in [3.63, 3.8) is 0 Å². The Bertz CT molecular complexity index is 1320. The highest BCUT2D eigenvalue weighted by atomic mass is 16.5. The Balaban J connectivity index is 1.74. The van der Waals surface area contributed by atoms with Crippen molar-refractivity contribution in [3.05, 3.63) is 106 Å². The molecule has 0 atom stereocenters. The van der Waals surface area contributed by atoms with Gasteiger partial charge in [-0.3, -0.25) is 9.59 Å². The van der Waals surface area contributed by atoms with Crippen molar-refractivity contribution < 1.29 is 9.53 Å². The fraction of sp³-hybridized carbons (Fsp3) is 0.179. The summed E-state index contributed by atoms with van der Waals surface area (Å²) in [6.45, 7) is 2.60. The van der Waals surface area contributed by atoms with E-state index >= 15 is 0 Å². The number of nitrogens with zero attached hydrogens (tertiary/aromatic N) is 2. The van der Waals surface area contributed by atoms with E-state index in [1.54, 1.807) is 7.11 Å². The van der Waals surface area contributed by atoms with Gasteiger partial charge >= 0.3 is 0 Å². The van der Waals surface area contributed by atoms with Gasteiger partial charge in [-0.05, 0) is 36.6 Å². The zero-order valence-electron chi connectivity index (χ0n) is 19.3. The van der Waals surface area contributed by atoms with Gasteiger partial charge in [0.25, 0.3) is 11.5 Å². The molecule has 6 heteroatoms. The molecule has 0 unspecified atom stereocenters. The fourth-order valence-electron chi connectivity index (χ4n) is 3.88. The van der Waals surface area contributed by atoms with E-state index in [4.69, 9.17) is 4.74 Å². The van der Waals surface area contributed by atoms with Crippen LogP contribution in [-0.4, -0.2) is 29.3 Å². The monoisotopic (exact) mass is 453 g/mol. The molecule has 34 heavy (non-hydrogen) atoms. The van der Waals surface area contributed by atoms with Crippen molar-refractivity contribution in [2.75, 3.05) is 13.7 Å². The van der Waals surface area contributed by atoms with Crippen molar-refractivity contribution in [2.24, 2.45) is 0 Å². The number of rotatable bonds is 8. The van der Waals surface area contributed by atoms with Crippen molar-refractivity contribution in [1.82, 2.24) is 15.1 Å². The Hall–Kier alpha value is -4.19. The molecule has 0 radical (unpaired) electrons. The number of carbonyl (C=O) groups is 1. The Kier molecular flexibility index (Phi) is 7.18. The molecule has 0 fully saturated rings. The first kappa shape index (κ1) is 23.0. The predicted molar refractivity (Wildman–Crippen MR) is 134 cm³/mol. The molecule has 0 saturated heterocycles. The molecule has 0 saturated carbocycles. The Morgan fingerprint density at radius 1 is 0.912 bits per heavy atom. The quantitative estimate of drug-likeness (QED) is 0.424. The largest absolute Gasteiger partial charge is 0.497 e. The molecule has 1 aromatic heterocycles. The van der Waals surface area contributed by atoms with Gasteiger partial charge in [0.15, 0.2) is 0 Å². The number of amides is 1. The lowest BCUT2D eigenvalue weighted by Crippen LogP contribution is -2.36. The van der Waals surface area contributed by atoms with Crippen LogP contribution in [0.1, 0.15) is 22.8 Å². The lowest BCUT2D eigenvalue weighted by Gasteiger charge is -2.17. The second kappa shape index (κ2) is 10.6. The number of ether oxygens (including phenoxy) is 1. The van der Waals surface area contributed by atoms with E-state index in [1.807, 2.05) is 91.9 Å². The van der Waals surface area contributed by atoms with Crippen molar-refractivity contribution >= 4 is 5.91 Å². The van der Waals surface area contributed by atoms with Gasteiger partial charge in [0.05, 0.1) is 12.8 Å². The summed E-state index contributed by atoms with van der Waals surface area (Å²) in [6, 6.07) is 26.8. The molecule has 0 bridgehead atoms. The molecule has 172 valence electrons. The molecule has 1 N–H and O–H groups in total. The first-order chi connectivity index (χ1) is 16.6. The molecule has 0 aliphatic carbocycles. The van der Waals surface area contributed by atoms with Crippen LogP contribution in [0, 0.1) is 0 Å². The fourth-order valence-corrected chi connectivity index (χ4v) is 3.88. The molecular weight excluding hydrogens is 426 g/mol. The normalized spacial score (nSPS) is 10.6. The van der Waals surface area contributed by atoms with Gasteiger partial charge in [0.2, 0.25) is 0 Å². The van der Waals surface area contributed by atoms with Gasteiger partial charge in [-0.25, -0.2) is 4.68 Å². The van der Waals surface area contributed by atoms with Crippen LogP contribution >= 0.6 is 0 Å². The minimum absolute atomic E-state index is 0.108. The van der Waals surface area contributed by atoms with Gasteiger partial charge in [0.1, 0.15) is 11.3 Å². The molecule has 0 aliphatic rings. The zero-order valence-corrected chi connectivity index (χ0v) is 19.3. The Labute approximate surface area is 198 Å². The topological polar surface area (TPSA) is 73.2 Å². The van der Waals surface area contributed by atoms with Gasteiger partial charge in [-0.15, -0.1) is 0 Å². The molecule has 6 nitrogen and oxygen atoms in total. The predicted octanol–water partition coefficient (Wildman–Crippen LogP) is 4.58. The van der Waals surface area contributed by atoms with E-state index in [9.17, 15) is 9.59 Å². The number of nitrogens with one attached hydrogen (secondary N) is 1. The van der Waals surface area contributed by atoms with Gasteiger partial charge < -0.3 is 10.1 Å². The molecule has 1 heterocycles. The van der Waals surface area contributed by atoms with E-state index in [1.165, 1.54) is 4.68 Å². The highest BCUT2D eigenvalue weighted by molar-refractivity contribution is 6.03. The molecule has 0 spiro atoms. The van der Waals surface area contributed by atoms with Crippen LogP contribution in [-0.2, 0) is 13.0 Å². The third kappa shape index (κ3) is 4.91. The maximum Gasteiger partial charge on any atom is 0.280 e. The molecule has 4 aromatic rings. The number of aryl methyl sites for hydroxylation is 1. The van der Waals surface area contributed by atoms with Crippen LogP contribution in [0.2, 0.25) is 0 Å². The maximum atomic E-state index is 13.4. The average molecular weight is 454 g/mol. The standard InChI is InChI=1S/C28H27N3O3/c1-3-31-28(33)25(27(32)29-19-18-20-14-16-23(34-2)17-15-20)24(21-10-6-4-7-11-21)26(30-31)22-12-8-5-9-13-22/h4-17H,3,18-19H2,1-2H3,(H,29,32). The summed E-state index contributed by atoms with van der Waals surface area (Å²) in [5.41, 5.74) is 3.54. The lowest BCUT2D eigenvalue weighted by molar-refractivity contribution is 0.0952. The van der Waals surface area contributed by atoms with Crippen molar-refractivity contribution in [1.29, 1.82) is 0 Å². The highest BCUT2D eigenvalue weighted by Gasteiger charge is 2.24. The number of carbonyl (C=O) groups excluding carboxylic acids is 1. The SMILES string of the molecule is CCn1nc(-c2ccccc2)c(-c2ccccc2)c(C(=O)NCCc2ccc(OC)cc2)c1=O. The maximum absolute atomic E-state index is 13.4. The minimum Gasteiger partial charge on any atom is -0.497 e. The summed E-state index contributed by atoms with van der Waals surface area (Å²) in [7, 11) is 1.63. The first-order valence-corrected chi connectivity index (χ1v) is 11.3. The Morgan fingerprint density at radius 2 is 1.53 bits per heavy atom. The smallest absolute Gasteiger partial charge is 0.280 e. The summed E-state index contributed by atoms with van der Waals surface area (Å²) >= 11 is 0. The van der Waals surface area contributed by atoms with Crippen LogP contribution in [0.5, 0.6) is 5.75 Å². The molecule has 4 rings (SSSR count). The van der Waals surface area contributed by atoms with E-state index in [-0.39, 0.29) is 5.56 Å². The van der Waals surface area contributed by atoms with Gasteiger partial charge in [-0.2, -0.15) is 5.10 Å². The summed E-state index contributed by atoms with van der Waals surface area (Å²) in [5, 5.41) is 7.58. The lowest BCUT2D eigenvalue weighted by atomic mass is 9.95. The highest BCUT2D eigenvalue weighted by Crippen LogP contribution is 2.32. The molecule has 1 amide bonds. The Morgan fingerprint density at radius 3 is 2.12 bits per heavy atom. The number of aromatic nitrogens is 2. The second-order valence-corrected chi connectivity index (χ2v) is 7.81. The van der Waals surface area contributed by atoms with Crippen molar-refractivity contribution in [3.8, 4) is 28.1 Å². The summed E-state index contributed by atoms with van der Waals surface area (Å²) in [4.78, 5) is 26.8. The number of hydrogen-bond acceptors (Lipinski definition) is 4. The number of hydrogen-bond donors (Lipinski definition) is 1. The average Bonchev–Trinajstić information content (AvgIpc) is 2.89. The van der Waals surface area contributed by atoms with Crippen LogP contribution in [0.3, 0.4) is 0 Å². The third-order valence-corrected chi connectivity index (χ3v) is 5.65. The number of methoxy groups -OCH3 is 1. The summed E-state index contributed by atoms with van der Waals surface area (Å²) in [5.74, 6) is 0.379. The van der Waals surface area contributed by atoms with Crippen LogP contribution in [0.4, 0.5) is 0 Å². The summed E-state index contributed by atoms with van der Waals surface area (Å²) in [6.07, 6.45) is 0.634. The third-order valence-electron chi connectivity index (χ3n) is 5.65. The summed E-state index contributed by atoms with van der Waals surface area (Å²) < 4.78 is 6.55. The van der Waals surface area contributed by atoms with Gasteiger partial charge in [0, 0.05) is 24.2 Å². The second-order valence-electron chi connectivity index (χ2n) is 7.81. The van der Waals surface area contributed by atoms with E-state index in [2.05, 4.69) is 10.4 Å². The van der Waals surface area contributed by atoms with E-state index < -0.39 is 11.5 Å². The molecule has 3 aromatic carbocycles. The van der Waals surface area contributed by atoms with Crippen LogP contribution in [0.15, 0.2) is 89.7 Å². The zero-order chi connectivity index (χ0) is 23.9. The van der Waals surface area contributed by atoms with Crippen LogP contribution in [0.25, 0.3) is 22.4 Å². The van der Waals surface area contributed by atoms with Crippen molar-refractivity contribution in [2.45, 2.75) is 19.9 Å².